The lowest BCUT2D eigenvalue weighted by atomic mass is 9.47. The van der Waals surface area contributed by atoms with Crippen molar-refractivity contribution in [3.05, 3.63) is 11.6 Å². The molecular formula is C41H72N4O2. The minimum absolute atomic E-state index is 0.0112. The van der Waals surface area contributed by atoms with E-state index in [2.05, 4.69) is 39.1 Å². The summed E-state index contributed by atoms with van der Waals surface area (Å²) < 4.78 is 6.38. The average Bonchev–Trinajstić information content (AvgIpc) is 3.98. The van der Waals surface area contributed by atoms with E-state index in [9.17, 15) is 4.79 Å². The van der Waals surface area contributed by atoms with Crippen molar-refractivity contribution in [3.8, 4) is 0 Å². The number of nitrogens with zero attached hydrogens (tertiary/aromatic N) is 1. The Labute approximate surface area is 288 Å². The molecule has 0 saturated heterocycles. The highest BCUT2D eigenvalue weighted by atomic mass is 16.6. The van der Waals surface area contributed by atoms with Gasteiger partial charge in [0.1, 0.15) is 6.10 Å². The van der Waals surface area contributed by atoms with E-state index in [0.29, 0.717) is 17.4 Å². The Morgan fingerprint density at radius 1 is 0.936 bits per heavy atom. The number of unbranched alkanes of at least 4 members (excludes halogenated alkanes) is 2. The molecule has 5 N–H and O–H groups in total. The van der Waals surface area contributed by atoms with Crippen molar-refractivity contribution in [2.24, 2.45) is 62.7 Å². The zero-order valence-electron chi connectivity index (χ0n) is 30.9. The lowest BCUT2D eigenvalue weighted by Crippen LogP contribution is -2.51. The molecule has 7 atom stereocenters. The molecule has 6 aliphatic carbocycles. The fourth-order valence-electron chi connectivity index (χ4n) is 11.3. The Balaban J connectivity index is 1.01. The van der Waals surface area contributed by atoms with Gasteiger partial charge in [-0.3, -0.25) is 0 Å². The lowest BCUT2D eigenvalue weighted by molar-refractivity contribution is -0.0536. The third-order valence-corrected chi connectivity index (χ3v) is 15.2. The van der Waals surface area contributed by atoms with Crippen molar-refractivity contribution in [2.45, 2.75) is 149 Å². The van der Waals surface area contributed by atoms with Gasteiger partial charge >= 0.3 is 6.09 Å². The van der Waals surface area contributed by atoms with E-state index in [-0.39, 0.29) is 23.0 Å². The largest absolute Gasteiger partial charge is 0.446 e. The molecule has 1 amide bonds. The summed E-state index contributed by atoms with van der Waals surface area (Å²) in [6.07, 6.45) is 25.2. The molecule has 47 heavy (non-hydrogen) atoms. The molecule has 6 nitrogen and oxygen atoms in total. The van der Waals surface area contributed by atoms with Crippen LogP contribution < -0.4 is 16.8 Å². The Hall–Kier alpha value is -1.11. The van der Waals surface area contributed by atoms with Crippen LogP contribution in [-0.2, 0) is 4.74 Å². The second kappa shape index (κ2) is 14.6. The number of rotatable bonds is 17. The molecule has 0 spiro atoms. The molecule has 5 fully saturated rings. The number of allylic oxidation sites excluding steroid dienone is 1. The number of fused-ring (bicyclic) bond motifs is 5. The van der Waals surface area contributed by atoms with Crippen LogP contribution in [0.2, 0.25) is 0 Å². The number of ether oxygens (including phenoxy) is 1. The summed E-state index contributed by atoms with van der Waals surface area (Å²) in [6, 6.07) is 0. The summed E-state index contributed by atoms with van der Waals surface area (Å²) in [5.74, 6) is 4.33. The van der Waals surface area contributed by atoms with Gasteiger partial charge in [0.15, 0.2) is 0 Å². The monoisotopic (exact) mass is 653 g/mol. The number of amides is 1. The van der Waals surface area contributed by atoms with E-state index in [4.69, 9.17) is 16.2 Å². The normalized spacial score (nSPS) is 36.2. The van der Waals surface area contributed by atoms with E-state index < -0.39 is 0 Å². The van der Waals surface area contributed by atoms with Crippen LogP contribution in [0.3, 0.4) is 0 Å². The zero-order chi connectivity index (χ0) is 33.3. The van der Waals surface area contributed by atoms with Gasteiger partial charge in [-0.1, -0.05) is 58.6 Å². The lowest BCUT2D eigenvalue weighted by Gasteiger charge is -2.58. The van der Waals surface area contributed by atoms with E-state index >= 15 is 0 Å². The van der Waals surface area contributed by atoms with Crippen molar-refractivity contribution in [3.63, 3.8) is 0 Å². The van der Waals surface area contributed by atoms with Gasteiger partial charge in [0.05, 0.1) is 0 Å². The van der Waals surface area contributed by atoms with Crippen LogP contribution in [0.25, 0.3) is 0 Å². The number of nitrogens with one attached hydrogen (secondary N) is 1. The van der Waals surface area contributed by atoms with Gasteiger partial charge in [0.25, 0.3) is 0 Å². The van der Waals surface area contributed by atoms with E-state index in [1.807, 2.05) is 4.90 Å². The van der Waals surface area contributed by atoms with Crippen molar-refractivity contribution >= 4 is 6.09 Å². The van der Waals surface area contributed by atoms with Crippen molar-refractivity contribution in [2.75, 3.05) is 39.3 Å². The standard InChI is InChI=1S/C41H72N4O2/c1-30(2)9-5-6-10-31-12-14-35-34-13-11-32-25-33(15-17-39(32,4)36(34)16-18-38(31,35)3)47-37(46)45(29-41(27-43)21-22-41)24-8-7-23-44-28-40(26-42)19-20-40/h11,30-31,33-36,44H,5-10,12-29,42-43H2,1-4H3. The van der Waals surface area contributed by atoms with Gasteiger partial charge in [-0.25, -0.2) is 4.79 Å². The van der Waals surface area contributed by atoms with Crippen LogP contribution in [-0.4, -0.2) is 56.4 Å². The summed E-state index contributed by atoms with van der Waals surface area (Å²) >= 11 is 0. The summed E-state index contributed by atoms with van der Waals surface area (Å²) in [7, 11) is 0. The van der Waals surface area contributed by atoms with Crippen molar-refractivity contribution < 1.29 is 9.53 Å². The van der Waals surface area contributed by atoms with Crippen LogP contribution in [0, 0.1) is 51.2 Å². The van der Waals surface area contributed by atoms with Crippen LogP contribution in [0.5, 0.6) is 0 Å². The van der Waals surface area contributed by atoms with Crippen LogP contribution in [0.4, 0.5) is 4.79 Å². The van der Waals surface area contributed by atoms with Gasteiger partial charge in [-0.05, 0) is 155 Å². The third-order valence-electron chi connectivity index (χ3n) is 15.2. The fraction of sp³-hybridized carbons (Fsp3) is 0.927. The summed E-state index contributed by atoms with van der Waals surface area (Å²) in [5.41, 5.74) is 15.1. The zero-order valence-corrected chi connectivity index (χ0v) is 30.9. The number of carbonyl (C=O) groups is 1. The summed E-state index contributed by atoms with van der Waals surface area (Å²) in [4.78, 5) is 15.7. The smallest absolute Gasteiger partial charge is 0.410 e. The van der Waals surface area contributed by atoms with Crippen LogP contribution in [0.15, 0.2) is 11.6 Å². The van der Waals surface area contributed by atoms with Gasteiger partial charge in [0.2, 0.25) is 0 Å². The number of hydrogen-bond acceptors (Lipinski definition) is 5. The topological polar surface area (TPSA) is 93.6 Å². The summed E-state index contributed by atoms with van der Waals surface area (Å²) in [6.45, 7) is 15.0. The fourth-order valence-corrected chi connectivity index (χ4v) is 11.3. The predicted octanol–water partition coefficient (Wildman–Crippen LogP) is 8.44. The van der Waals surface area contributed by atoms with E-state index in [1.54, 1.807) is 5.57 Å². The molecule has 0 aromatic rings. The molecule has 6 aliphatic rings. The molecule has 5 saturated carbocycles. The van der Waals surface area contributed by atoms with Gasteiger partial charge in [-0.2, -0.15) is 0 Å². The molecule has 6 rings (SSSR count). The second-order valence-corrected chi connectivity index (χ2v) is 18.7. The molecule has 6 heteroatoms. The molecule has 0 bridgehead atoms. The Morgan fingerprint density at radius 3 is 2.40 bits per heavy atom. The van der Waals surface area contributed by atoms with Crippen molar-refractivity contribution in [1.29, 1.82) is 0 Å². The Morgan fingerprint density at radius 2 is 1.70 bits per heavy atom. The summed E-state index contributed by atoms with van der Waals surface area (Å²) in [5, 5.41) is 3.62. The van der Waals surface area contributed by atoms with Gasteiger partial charge in [-0.15, -0.1) is 0 Å². The Kier molecular flexibility index (Phi) is 11.1. The first-order valence-corrected chi connectivity index (χ1v) is 20.3. The van der Waals surface area contributed by atoms with Gasteiger partial charge in [0, 0.05) is 31.5 Å². The van der Waals surface area contributed by atoms with E-state index in [1.165, 1.54) is 77.0 Å². The number of carbonyl (C=O) groups excluding carboxylic acids is 1. The molecule has 0 radical (unpaired) electrons. The maximum absolute atomic E-state index is 13.7. The minimum Gasteiger partial charge on any atom is -0.446 e. The SMILES string of the molecule is CC(C)CCCCC1CCC2C3CC=C4CC(OC(=O)N(CCCCNCC5(CN)CC5)CC5(CN)CC5)CCC4(C)C3CCC12C. The molecule has 0 aliphatic heterocycles. The van der Waals surface area contributed by atoms with Gasteiger partial charge < -0.3 is 26.4 Å². The average molecular weight is 653 g/mol. The molecule has 0 aromatic heterocycles. The minimum atomic E-state index is -0.0977. The highest BCUT2D eigenvalue weighted by Crippen LogP contribution is 2.67. The maximum atomic E-state index is 13.7. The highest BCUT2D eigenvalue weighted by Gasteiger charge is 2.58. The highest BCUT2D eigenvalue weighted by molar-refractivity contribution is 5.68. The molecular weight excluding hydrogens is 580 g/mol. The maximum Gasteiger partial charge on any atom is 0.410 e. The quantitative estimate of drug-likeness (QED) is 0.108. The second-order valence-electron chi connectivity index (χ2n) is 18.7. The number of hydrogen-bond donors (Lipinski definition) is 3. The Bertz CT molecular complexity index is 1100. The van der Waals surface area contributed by atoms with Crippen molar-refractivity contribution in [1.82, 2.24) is 10.2 Å². The van der Waals surface area contributed by atoms with E-state index in [0.717, 1.165) is 101 Å². The predicted molar refractivity (Wildman–Crippen MR) is 194 cm³/mol. The first-order valence-electron chi connectivity index (χ1n) is 20.3. The molecule has 0 heterocycles. The molecule has 7 unspecified atom stereocenters. The van der Waals surface area contributed by atoms with Crippen LogP contribution >= 0.6 is 0 Å². The molecule has 268 valence electrons. The molecule has 0 aromatic carbocycles. The third kappa shape index (κ3) is 7.80. The van der Waals surface area contributed by atoms with Crippen LogP contribution in [0.1, 0.15) is 143 Å². The number of nitrogens with two attached hydrogens (primary N) is 2. The first-order chi connectivity index (χ1) is 22.6. The first kappa shape index (κ1) is 35.7.